The van der Waals surface area contributed by atoms with Gasteiger partial charge in [-0.25, -0.2) is 0 Å². The Morgan fingerprint density at radius 3 is 1.75 bits per heavy atom. The maximum Gasteiger partial charge on any atom is 0.00634 e. The van der Waals surface area contributed by atoms with Crippen LogP contribution in [0.2, 0.25) is 0 Å². The van der Waals surface area contributed by atoms with E-state index < -0.39 is 0 Å². The van der Waals surface area contributed by atoms with Crippen molar-refractivity contribution in [1.82, 2.24) is 0 Å². The summed E-state index contributed by atoms with van der Waals surface area (Å²) in [6.07, 6.45) is 0.910. The third kappa shape index (κ3) is 5.67. The van der Waals surface area contributed by atoms with Crippen LogP contribution in [-0.2, 0) is 0 Å². The van der Waals surface area contributed by atoms with Gasteiger partial charge in [-0.3, -0.25) is 0 Å². The van der Waals surface area contributed by atoms with Gasteiger partial charge in [-0.05, 0) is 18.8 Å². The van der Waals surface area contributed by atoms with Gasteiger partial charge in [0.05, 0.1) is 0 Å². The molecule has 0 rings (SSSR count). The molecule has 0 amide bonds. The lowest BCUT2D eigenvalue weighted by molar-refractivity contribution is 0.432. The predicted molar refractivity (Wildman–Crippen MR) is 37.5 cm³/mol. The summed E-state index contributed by atoms with van der Waals surface area (Å²) in [6.45, 7) is 8.28. The normalized spacial score (nSPS) is 11.5. The monoisotopic (exact) mass is 113 g/mol. The van der Waals surface area contributed by atoms with Gasteiger partial charge >= 0.3 is 0 Å². The van der Waals surface area contributed by atoms with Crippen LogP contribution in [0.5, 0.6) is 0 Å². The maximum atomic E-state index is 7.15. The van der Waals surface area contributed by atoms with Crippen molar-refractivity contribution >= 4 is 5.71 Å². The smallest absolute Gasteiger partial charge is 0.00634 e. The van der Waals surface area contributed by atoms with Gasteiger partial charge in [0, 0.05) is 5.71 Å². The molecule has 48 valence electrons. The molecule has 8 heavy (non-hydrogen) atoms. The van der Waals surface area contributed by atoms with Crippen LogP contribution in [-0.4, -0.2) is 5.71 Å². The molecule has 0 saturated carbocycles. The second kappa shape index (κ2) is 2.29. The van der Waals surface area contributed by atoms with E-state index in [2.05, 4.69) is 20.8 Å². The zero-order chi connectivity index (χ0) is 6.78. The van der Waals surface area contributed by atoms with E-state index in [1.54, 1.807) is 0 Å². The van der Waals surface area contributed by atoms with Gasteiger partial charge < -0.3 is 5.41 Å². The average molecular weight is 113 g/mol. The van der Waals surface area contributed by atoms with Gasteiger partial charge in [-0.2, -0.15) is 0 Å². The van der Waals surface area contributed by atoms with Crippen LogP contribution in [0.4, 0.5) is 0 Å². The molecular formula is C7H15N. The minimum absolute atomic E-state index is 0.297. The van der Waals surface area contributed by atoms with E-state index in [4.69, 9.17) is 5.41 Å². The standard InChI is InChI=1S/C7H15N/c1-6(8)5-7(2,3)4/h8H,5H2,1-4H3. The van der Waals surface area contributed by atoms with Crippen LogP contribution in [0.1, 0.15) is 34.1 Å². The van der Waals surface area contributed by atoms with Crippen molar-refractivity contribution in [2.45, 2.75) is 34.1 Å². The Hall–Kier alpha value is -0.330. The zero-order valence-corrected chi connectivity index (χ0v) is 6.21. The molecule has 0 aliphatic carbocycles. The quantitative estimate of drug-likeness (QED) is 0.505. The number of hydrogen-bond acceptors (Lipinski definition) is 1. The molecule has 0 aromatic carbocycles. The summed E-state index contributed by atoms with van der Waals surface area (Å²) in [5, 5.41) is 7.15. The Morgan fingerprint density at radius 2 is 1.75 bits per heavy atom. The molecule has 0 saturated heterocycles. The molecule has 0 radical (unpaired) electrons. The van der Waals surface area contributed by atoms with Crippen molar-refractivity contribution in [3.05, 3.63) is 0 Å². The van der Waals surface area contributed by atoms with Crippen molar-refractivity contribution in [2.24, 2.45) is 5.41 Å². The van der Waals surface area contributed by atoms with E-state index in [-0.39, 0.29) is 0 Å². The highest BCUT2D eigenvalue weighted by molar-refractivity contribution is 5.79. The summed E-state index contributed by atoms with van der Waals surface area (Å²) in [5.41, 5.74) is 1.07. The van der Waals surface area contributed by atoms with Crippen LogP contribution < -0.4 is 0 Å². The fraction of sp³-hybridized carbons (Fsp3) is 0.857. The molecule has 1 N–H and O–H groups in total. The van der Waals surface area contributed by atoms with E-state index in [1.165, 1.54) is 0 Å². The van der Waals surface area contributed by atoms with Crippen molar-refractivity contribution in [3.63, 3.8) is 0 Å². The Morgan fingerprint density at radius 1 is 1.38 bits per heavy atom. The lowest BCUT2D eigenvalue weighted by atomic mass is 9.90. The molecule has 1 nitrogen and oxygen atoms in total. The number of hydrogen-bond donors (Lipinski definition) is 1. The number of nitrogens with one attached hydrogen (secondary N) is 1. The first kappa shape index (κ1) is 7.67. The maximum absolute atomic E-state index is 7.15. The largest absolute Gasteiger partial charge is 0.310 e. The first-order chi connectivity index (χ1) is 3.42. The molecule has 0 aromatic rings. The molecule has 0 aromatic heterocycles. The van der Waals surface area contributed by atoms with Gasteiger partial charge in [0.2, 0.25) is 0 Å². The van der Waals surface area contributed by atoms with E-state index in [9.17, 15) is 0 Å². The van der Waals surface area contributed by atoms with Crippen LogP contribution in [0, 0.1) is 10.8 Å². The first-order valence-corrected chi connectivity index (χ1v) is 2.96. The summed E-state index contributed by atoms with van der Waals surface area (Å²) in [5.74, 6) is 0. The van der Waals surface area contributed by atoms with Crippen molar-refractivity contribution in [1.29, 1.82) is 5.41 Å². The van der Waals surface area contributed by atoms with Crippen LogP contribution in [0.3, 0.4) is 0 Å². The molecular weight excluding hydrogens is 98.1 g/mol. The Kier molecular flexibility index (Phi) is 2.20. The molecule has 0 atom stereocenters. The first-order valence-electron chi connectivity index (χ1n) is 2.96. The van der Waals surface area contributed by atoms with E-state index in [0.29, 0.717) is 5.41 Å². The molecule has 0 bridgehead atoms. The molecule has 1 heteroatoms. The molecule has 0 spiro atoms. The minimum atomic E-state index is 0.297. The van der Waals surface area contributed by atoms with E-state index in [1.807, 2.05) is 6.92 Å². The summed E-state index contributed by atoms with van der Waals surface area (Å²) in [7, 11) is 0. The molecule has 0 heterocycles. The van der Waals surface area contributed by atoms with Crippen LogP contribution >= 0.6 is 0 Å². The highest BCUT2D eigenvalue weighted by atomic mass is 14.4. The highest BCUT2D eigenvalue weighted by Crippen LogP contribution is 2.17. The van der Waals surface area contributed by atoms with Gasteiger partial charge in [0.1, 0.15) is 0 Å². The summed E-state index contributed by atoms with van der Waals surface area (Å²) in [6, 6.07) is 0. The fourth-order valence-electron chi connectivity index (χ4n) is 0.795. The predicted octanol–water partition coefficient (Wildman–Crippen LogP) is 2.46. The molecule has 0 aliphatic heterocycles. The number of rotatable bonds is 1. The average Bonchev–Trinajstić information content (AvgIpc) is 1.21. The minimum Gasteiger partial charge on any atom is -0.310 e. The zero-order valence-electron chi connectivity index (χ0n) is 6.21. The summed E-state index contributed by atoms with van der Waals surface area (Å²) >= 11 is 0. The van der Waals surface area contributed by atoms with Crippen LogP contribution in [0.15, 0.2) is 0 Å². The second-order valence-corrected chi connectivity index (χ2v) is 3.52. The Bertz CT molecular complexity index is 87.1. The lowest BCUT2D eigenvalue weighted by Gasteiger charge is -2.16. The molecule has 0 fully saturated rings. The topological polar surface area (TPSA) is 23.9 Å². The highest BCUT2D eigenvalue weighted by Gasteiger charge is 2.09. The summed E-state index contributed by atoms with van der Waals surface area (Å²) < 4.78 is 0. The summed E-state index contributed by atoms with van der Waals surface area (Å²) in [4.78, 5) is 0. The molecule has 0 aliphatic rings. The van der Waals surface area contributed by atoms with Gasteiger partial charge in [-0.15, -0.1) is 0 Å². The van der Waals surface area contributed by atoms with Crippen molar-refractivity contribution < 1.29 is 0 Å². The fourth-order valence-corrected chi connectivity index (χ4v) is 0.795. The van der Waals surface area contributed by atoms with Gasteiger partial charge in [0.25, 0.3) is 0 Å². The van der Waals surface area contributed by atoms with Crippen molar-refractivity contribution in [2.75, 3.05) is 0 Å². The second-order valence-electron chi connectivity index (χ2n) is 3.52. The third-order valence-electron chi connectivity index (χ3n) is 0.795. The molecule has 0 unspecified atom stereocenters. The van der Waals surface area contributed by atoms with E-state index in [0.717, 1.165) is 12.1 Å². The van der Waals surface area contributed by atoms with Crippen LogP contribution in [0.25, 0.3) is 0 Å². The van der Waals surface area contributed by atoms with Crippen molar-refractivity contribution in [3.8, 4) is 0 Å². The Balaban J connectivity index is 3.55. The van der Waals surface area contributed by atoms with Gasteiger partial charge in [0.15, 0.2) is 0 Å². The third-order valence-corrected chi connectivity index (χ3v) is 0.795. The van der Waals surface area contributed by atoms with E-state index >= 15 is 0 Å². The van der Waals surface area contributed by atoms with Gasteiger partial charge in [-0.1, -0.05) is 20.8 Å². The SMILES string of the molecule is CC(=N)CC(C)(C)C. The Labute approximate surface area is 51.6 Å². The lowest BCUT2D eigenvalue weighted by Crippen LogP contribution is -2.09.